The minimum absolute atomic E-state index is 0.111. The number of aromatic nitrogens is 1. The molecule has 0 saturated carbocycles. The fourth-order valence-electron chi connectivity index (χ4n) is 3.49. The van der Waals surface area contributed by atoms with Crippen molar-refractivity contribution in [2.75, 3.05) is 33.3 Å². The molecule has 0 aliphatic carbocycles. The summed E-state index contributed by atoms with van der Waals surface area (Å²) < 4.78 is 19.0. The van der Waals surface area contributed by atoms with Crippen molar-refractivity contribution in [2.45, 2.75) is 19.0 Å². The zero-order valence-corrected chi connectivity index (χ0v) is 15.3. The number of hydrogen-bond donors (Lipinski definition) is 1. The number of carboxylic acid groups (broad SMARTS) is 1. The predicted octanol–water partition coefficient (Wildman–Crippen LogP) is 2.56. The summed E-state index contributed by atoms with van der Waals surface area (Å²) in [5, 5.41) is 9.77. The summed E-state index contributed by atoms with van der Waals surface area (Å²) in [7, 11) is 1.39. The highest BCUT2D eigenvalue weighted by Gasteiger charge is 2.29. The Bertz CT molecular complexity index is 772. The lowest BCUT2D eigenvalue weighted by molar-refractivity contribution is -0.143. The fraction of sp³-hybridized carbons (Fsp3) is 0.400. The second-order valence-corrected chi connectivity index (χ2v) is 6.62. The molecular weight excluding hydrogens is 349 g/mol. The van der Waals surface area contributed by atoms with E-state index in [1.807, 2.05) is 23.1 Å². The van der Waals surface area contributed by atoms with E-state index in [1.165, 1.54) is 19.2 Å². The molecular formula is C20H24FN3O3. The van der Waals surface area contributed by atoms with Gasteiger partial charge in [0.2, 0.25) is 0 Å². The second-order valence-electron chi connectivity index (χ2n) is 6.62. The molecule has 1 N–H and O–H groups in total. The van der Waals surface area contributed by atoms with Crippen LogP contribution in [0.2, 0.25) is 0 Å². The standard InChI is InChI=1S/C20H24FN3O3/c1-27-18-7-6-15(13-17(18)21)19(20(25)26)24-10-4-9-23(11-12-24)14-16-5-2-3-8-22-16/h2-3,5-8,13,19H,4,9-12,14H2,1H3,(H,25,26). The number of halogens is 1. The van der Waals surface area contributed by atoms with Crippen LogP contribution in [0.25, 0.3) is 0 Å². The highest BCUT2D eigenvalue weighted by atomic mass is 19.1. The van der Waals surface area contributed by atoms with Crippen LogP contribution in [-0.2, 0) is 11.3 Å². The molecule has 2 heterocycles. The molecule has 1 aromatic heterocycles. The third-order valence-electron chi connectivity index (χ3n) is 4.83. The number of rotatable bonds is 6. The Labute approximate surface area is 158 Å². The zero-order valence-electron chi connectivity index (χ0n) is 15.3. The van der Waals surface area contributed by atoms with E-state index in [9.17, 15) is 14.3 Å². The van der Waals surface area contributed by atoms with Crippen molar-refractivity contribution in [3.63, 3.8) is 0 Å². The van der Waals surface area contributed by atoms with Crippen molar-refractivity contribution in [1.29, 1.82) is 0 Å². The molecule has 1 aliphatic heterocycles. The SMILES string of the molecule is COc1ccc(C(C(=O)O)N2CCCN(Cc3ccccn3)CC2)cc1F. The Morgan fingerprint density at radius 2 is 2.11 bits per heavy atom. The first-order chi connectivity index (χ1) is 13.1. The maximum absolute atomic E-state index is 14.1. The average Bonchev–Trinajstić information content (AvgIpc) is 2.88. The van der Waals surface area contributed by atoms with Crippen LogP contribution in [-0.4, -0.2) is 59.1 Å². The molecule has 1 fully saturated rings. The lowest BCUT2D eigenvalue weighted by Gasteiger charge is -2.28. The maximum atomic E-state index is 14.1. The molecule has 3 rings (SSSR count). The van der Waals surface area contributed by atoms with Gasteiger partial charge in [-0.05, 0) is 42.8 Å². The topological polar surface area (TPSA) is 65.9 Å². The lowest BCUT2D eigenvalue weighted by atomic mass is 10.0. The summed E-state index contributed by atoms with van der Waals surface area (Å²) in [4.78, 5) is 20.5. The number of methoxy groups -OCH3 is 1. The Kier molecular flexibility index (Phi) is 6.36. The van der Waals surface area contributed by atoms with Gasteiger partial charge in [0.1, 0.15) is 6.04 Å². The van der Waals surface area contributed by atoms with E-state index >= 15 is 0 Å². The van der Waals surface area contributed by atoms with Crippen molar-refractivity contribution in [1.82, 2.24) is 14.8 Å². The first-order valence-electron chi connectivity index (χ1n) is 9.01. The van der Waals surface area contributed by atoms with Gasteiger partial charge in [0, 0.05) is 32.4 Å². The molecule has 27 heavy (non-hydrogen) atoms. The molecule has 0 radical (unpaired) electrons. The van der Waals surface area contributed by atoms with E-state index in [-0.39, 0.29) is 5.75 Å². The molecule has 0 spiro atoms. The summed E-state index contributed by atoms with van der Waals surface area (Å²) in [5.41, 5.74) is 1.43. The molecule has 1 aliphatic rings. The molecule has 1 saturated heterocycles. The normalized spacial score (nSPS) is 17.3. The number of pyridine rings is 1. The van der Waals surface area contributed by atoms with E-state index in [1.54, 1.807) is 12.3 Å². The third-order valence-corrected chi connectivity index (χ3v) is 4.83. The van der Waals surface area contributed by atoms with Crippen LogP contribution in [0.5, 0.6) is 5.75 Å². The van der Waals surface area contributed by atoms with E-state index in [2.05, 4.69) is 9.88 Å². The number of nitrogens with zero attached hydrogens (tertiary/aromatic N) is 3. The van der Waals surface area contributed by atoms with Crippen molar-refractivity contribution >= 4 is 5.97 Å². The van der Waals surface area contributed by atoms with Crippen LogP contribution < -0.4 is 4.74 Å². The van der Waals surface area contributed by atoms with Gasteiger partial charge in [0.25, 0.3) is 0 Å². The van der Waals surface area contributed by atoms with Crippen LogP contribution in [0.3, 0.4) is 0 Å². The van der Waals surface area contributed by atoms with Crippen molar-refractivity contribution < 1.29 is 19.0 Å². The monoisotopic (exact) mass is 373 g/mol. The first kappa shape index (κ1) is 19.3. The van der Waals surface area contributed by atoms with Gasteiger partial charge >= 0.3 is 5.97 Å². The lowest BCUT2D eigenvalue weighted by Crippen LogP contribution is -2.37. The van der Waals surface area contributed by atoms with Crippen molar-refractivity contribution in [2.24, 2.45) is 0 Å². The summed E-state index contributed by atoms with van der Waals surface area (Å²) >= 11 is 0. The molecule has 2 aromatic rings. The Hall–Kier alpha value is -2.51. The molecule has 0 bridgehead atoms. The highest BCUT2D eigenvalue weighted by Crippen LogP contribution is 2.27. The van der Waals surface area contributed by atoms with E-state index in [0.29, 0.717) is 18.7 Å². The van der Waals surface area contributed by atoms with Crippen LogP contribution in [0.1, 0.15) is 23.7 Å². The van der Waals surface area contributed by atoms with Crippen LogP contribution in [0.4, 0.5) is 4.39 Å². The fourth-order valence-corrected chi connectivity index (χ4v) is 3.49. The molecule has 6 nitrogen and oxygen atoms in total. The van der Waals surface area contributed by atoms with Crippen LogP contribution >= 0.6 is 0 Å². The summed E-state index contributed by atoms with van der Waals surface area (Å²) in [5.74, 6) is -1.41. The number of carbonyl (C=O) groups is 1. The molecule has 7 heteroatoms. The Balaban J connectivity index is 1.71. The number of aliphatic carboxylic acids is 1. The number of hydrogen-bond acceptors (Lipinski definition) is 5. The number of carboxylic acids is 1. The first-order valence-corrected chi connectivity index (χ1v) is 9.01. The number of ether oxygens (including phenoxy) is 1. The number of benzene rings is 1. The molecule has 144 valence electrons. The van der Waals surface area contributed by atoms with Gasteiger partial charge in [-0.1, -0.05) is 12.1 Å². The summed E-state index contributed by atoms with van der Waals surface area (Å²) in [6.45, 7) is 3.58. The van der Waals surface area contributed by atoms with Gasteiger partial charge in [0.05, 0.1) is 12.8 Å². The van der Waals surface area contributed by atoms with Gasteiger partial charge in [0.15, 0.2) is 11.6 Å². The summed E-state index contributed by atoms with van der Waals surface area (Å²) in [6.07, 6.45) is 2.62. The summed E-state index contributed by atoms with van der Waals surface area (Å²) in [6, 6.07) is 9.32. The third kappa shape index (κ3) is 4.81. The van der Waals surface area contributed by atoms with Crippen LogP contribution in [0.15, 0.2) is 42.6 Å². The Morgan fingerprint density at radius 1 is 1.26 bits per heavy atom. The largest absolute Gasteiger partial charge is 0.494 e. The minimum atomic E-state index is -0.974. The molecule has 1 atom stereocenters. The van der Waals surface area contributed by atoms with Gasteiger partial charge < -0.3 is 9.84 Å². The maximum Gasteiger partial charge on any atom is 0.325 e. The highest BCUT2D eigenvalue weighted by molar-refractivity contribution is 5.75. The van der Waals surface area contributed by atoms with E-state index in [4.69, 9.17) is 4.74 Å². The molecule has 1 unspecified atom stereocenters. The van der Waals surface area contributed by atoms with Gasteiger partial charge in [-0.3, -0.25) is 19.6 Å². The minimum Gasteiger partial charge on any atom is -0.494 e. The zero-order chi connectivity index (χ0) is 19.2. The molecule has 1 aromatic carbocycles. The second kappa shape index (κ2) is 8.92. The van der Waals surface area contributed by atoms with Gasteiger partial charge in [-0.15, -0.1) is 0 Å². The van der Waals surface area contributed by atoms with E-state index < -0.39 is 17.8 Å². The molecule has 0 amide bonds. The van der Waals surface area contributed by atoms with Crippen LogP contribution in [0, 0.1) is 5.82 Å². The average molecular weight is 373 g/mol. The predicted molar refractivity (Wildman–Crippen MR) is 99.0 cm³/mol. The van der Waals surface area contributed by atoms with Gasteiger partial charge in [-0.2, -0.15) is 0 Å². The van der Waals surface area contributed by atoms with E-state index in [0.717, 1.165) is 31.7 Å². The van der Waals surface area contributed by atoms with Gasteiger partial charge in [-0.25, -0.2) is 4.39 Å². The van der Waals surface area contributed by atoms with Crippen molar-refractivity contribution in [3.05, 3.63) is 59.7 Å². The smallest absolute Gasteiger partial charge is 0.325 e. The van der Waals surface area contributed by atoms with Crippen molar-refractivity contribution in [3.8, 4) is 5.75 Å². The Morgan fingerprint density at radius 3 is 2.78 bits per heavy atom. The quantitative estimate of drug-likeness (QED) is 0.840.